The van der Waals surface area contributed by atoms with Gasteiger partial charge in [-0.2, -0.15) is 0 Å². The van der Waals surface area contributed by atoms with E-state index in [-0.39, 0.29) is 9.68 Å². The van der Waals surface area contributed by atoms with Gasteiger partial charge in [-0.1, -0.05) is 33.7 Å². The zero-order valence-electron chi connectivity index (χ0n) is 7.85. The Morgan fingerprint density at radius 3 is 2.20 bits per heavy atom. The Morgan fingerprint density at radius 1 is 1.30 bits per heavy atom. The summed E-state index contributed by atoms with van der Waals surface area (Å²) in [6.07, 6.45) is 1.31. The fourth-order valence-electron chi connectivity index (χ4n) is 1.24. The maximum atomic E-state index is 2.67. The van der Waals surface area contributed by atoms with Gasteiger partial charge in [-0.3, -0.25) is 0 Å². The molecule has 0 radical (unpaired) electrons. The summed E-state index contributed by atoms with van der Waals surface area (Å²) in [5.41, 5.74) is 0. The van der Waals surface area contributed by atoms with Crippen molar-refractivity contribution in [2.24, 2.45) is 0 Å². The molecule has 1 atom stereocenters. The van der Waals surface area contributed by atoms with Gasteiger partial charge >= 0.3 is 0 Å². The highest BCUT2D eigenvalue weighted by molar-refractivity contribution is 6.31. The van der Waals surface area contributed by atoms with Crippen LogP contribution in [-0.4, -0.2) is 26.8 Å². The molecule has 0 rings (SSSR count). The second kappa shape index (κ2) is 5.92. The summed E-state index contributed by atoms with van der Waals surface area (Å²) < 4.78 is 2.67. The summed E-state index contributed by atoms with van der Waals surface area (Å²) in [6.45, 7) is 10.4. The minimum atomic E-state index is 0.111. The van der Waals surface area contributed by atoms with Crippen molar-refractivity contribution >= 4 is 9.68 Å². The Balaban J connectivity index is 3.56. The summed E-state index contributed by atoms with van der Waals surface area (Å²) in [5, 5.41) is 0. The molecule has 0 bridgehead atoms. The van der Waals surface area contributed by atoms with Gasteiger partial charge in [-0.05, 0) is 19.0 Å². The lowest BCUT2D eigenvalue weighted by molar-refractivity contribution is 0.357. The van der Waals surface area contributed by atoms with E-state index in [1.165, 1.54) is 19.0 Å². The molecule has 0 aliphatic rings. The fraction of sp³-hybridized carbons (Fsp3) is 1.00. The Kier molecular flexibility index (Phi) is 6.03. The summed E-state index contributed by atoms with van der Waals surface area (Å²) in [4.78, 5) is 0. The van der Waals surface area contributed by atoms with Crippen molar-refractivity contribution in [1.82, 2.24) is 4.57 Å². The van der Waals surface area contributed by atoms with Crippen molar-refractivity contribution in [2.45, 2.75) is 46.2 Å². The fourth-order valence-corrected chi connectivity index (χ4v) is 2.83. The van der Waals surface area contributed by atoms with Crippen molar-refractivity contribution in [2.75, 3.05) is 6.54 Å². The number of hydrogen-bond acceptors (Lipinski definition) is 1. The predicted octanol–water partition coefficient (Wildman–Crippen LogP) is 1.63. The largest absolute Gasteiger partial charge is 0.327 e. The van der Waals surface area contributed by atoms with Crippen LogP contribution in [-0.2, 0) is 0 Å². The van der Waals surface area contributed by atoms with Crippen molar-refractivity contribution in [1.29, 1.82) is 0 Å². The first kappa shape index (κ1) is 10.2. The van der Waals surface area contributed by atoms with Crippen LogP contribution in [0.5, 0.6) is 0 Å². The molecule has 10 heavy (non-hydrogen) atoms. The zero-order valence-corrected chi connectivity index (χ0v) is 9.27. The molecule has 0 amide bonds. The topological polar surface area (TPSA) is 3.24 Å². The van der Waals surface area contributed by atoms with Crippen molar-refractivity contribution < 1.29 is 0 Å². The van der Waals surface area contributed by atoms with Crippen LogP contribution in [0.1, 0.15) is 34.1 Å². The van der Waals surface area contributed by atoms with Crippen LogP contribution in [0, 0.1) is 0 Å². The molecular formula is C8H21NSi. The SMILES string of the molecule is CC[SiH2]N(CC)C(C)CC. The average Bonchev–Trinajstić information content (AvgIpc) is 1.99. The second-order valence-electron chi connectivity index (χ2n) is 2.89. The summed E-state index contributed by atoms with van der Waals surface area (Å²) >= 11 is 0. The standard InChI is InChI=1S/C8H21NSi/c1-5-8(4)9(6-2)10-7-3/h8H,5-7,10H2,1-4H3. The van der Waals surface area contributed by atoms with E-state index < -0.39 is 0 Å². The maximum Gasteiger partial charge on any atom is 0.0950 e. The van der Waals surface area contributed by atoms with Crippen LogP contribution >= 0.6 is 0 Å². The van der Waals surface area contributed by atoms with Crippen LogP contribution in [0.3, 0.4) is 0 Å². The molecule has 0 heterocycles. The molecule has 1 unspecified atom stereocenters. The molecule has 0 aliphatic carbocycles. The molecule has 0 saturated carbocycles. The molecule has 0 N–H and O–H groups in total. The molecule has 0 fully saturated rings. The van der Waals surface area contributed by atoms with Crippen molar-refractivity contribution in [3.63, 3.8) is 0 Å². The third-order valence-electron chi connectivity index (χ3n) is 2.13. The van der Waals surface area contributed by atoms with E-state index in [4.69, 9.17) is 0 Å². The first-order valence-electron chi connectivity index (χ1n) is 4.50. The highest BCUT2D eigenvalue weighted by atomic mass is 28.2. The van der Waals surface area contributed by atoms with E-state index >= 15 is 0 Å². The van der Waals surface area contributed by atoms with Crippen molar-refractivity contribution in [3.05, 3.63) is 0 Å². The van der Waals surface area contributed by atoms with Gasteiger partial charge in [0, 0.05) is 0 Å². The van der Waals surface area contributed by atoms with Gasteiger partial charge in [0.1, 0.15) is 0 Å². The van der Waals surface area contributed by atoms with E-state index in [0.717, 1.165) is 6.04 Å². The molecule has 0 aromatic heterocycles. The predicted molar refractivity (Wildman–Crippen MR) is 51.2 cm³/mol. The molecule has 0 saturated heterocycles. The molecular weight excluding hydrogens is 138 g/mol. The number of hydrogen-bond donors (Lipinski definition) is 0. The lowest BCUT2D eigenvalue weighted by Gasteiger charge is -2.26. The van der Waals surface area contributed by atoms with E-state index in [0.29, 0.717) is 0 Å². The van der Waals surface area contributed by atoms with Gasteiger partial charge in [0.2, 0.25) is 0 Å². The summed E-state index contributed by atoms with van der Waals surface area (Å²) in [6, 6.07) is 2.25. The Morgan fingerprint density at radius 2 is 1.90 bits per heavy atom. The summed E-state index contributed by atoms with van der Waals surface area (Å²) in [7, 11) is 0.111. The van der Waals surface area contributed by atoms with E-state index in [1.54, 1.807) is 0 Å². The normalized spacial score (nSPS) is 15.3. The van der Waals surface area contributed by atoms with E-state index in [9.17, 15) is 0 Å². The van der Waals surface area contributed by atoms with E-state index in [1.807, 2.05) is 0 Å². The van der Waals surface area contributed by atoms with Gasteiger partial charge in [0.05, 0.1) is 9.68 Å². The first-order valence-corrected chi connectivity index (χ1v) is 6.13. The Labute approximate surface area is 67.7 Å². The highest BCUT2D eigenvalue weighted by Crippen LogP contribution is 2.01. The third kappa shape index (κ3) is 3.37. The molecule has 0 aromatic rings. The van der Waals surface area contributed by atoms with Crippen LogP contribution in [0.2, 0.25) is 6.04 Å². The second-order valence-corrected chi connectivity index (χ2v) is 5.15. The lowest BCUT2D eigenvalue weighted by Crippen LogP contribution is -2.35. The highest BCUT2D eigenvalue weighted by Gasteiger charge is 2.07. The third-order valence-corrected chi connectivity index (χ3v) is 4.22. The first-order chi connectivity index (χ1) is 4.76. The van der Waals surface area contributed by atoms with Crippen LogP contribution < -0.4 is 0 Å². The molecule has 1 nitrogen and oxygen atoms in total. The molecule has 2 heteroatoms. The van der Waals surface area contributed by atoms with Gasteiger partial charge < -0.3 is 4.57 Å². The Hall–Kier alpha value is 0.177. The molecule has 0 aromatic carbocycles. The quantitative estimate of drug-likeness (QED) is 0.551. The molecule has 0 aliphatic heterocycles. The van der Waals surface area contributed by atoms with Gasteiger partial charge in [-0.15, -0.1) is 0 Å². The smallest absolute Gasteiger partial charge is 0.0950 e. The monoisotopic (exact) mass is 159 g/mol. The number of rotatable bonds is 5. The summed E-state index contributed by atoms with van der Waals surface area (Å²) in [5.74, 6) is 0. The minimum Gasteiger partial charge on any atom is -0.327 e. The van der Waals surface area contributed by atoms with Gasteiger partial charge in [0.15, 0.2) is 0 Å². The maximum absolute atomic E-state index is 2.67. The lowest BCUT2D eigenvalue weighted by atomic mass is 10.3. The minimum absolute atomic E-state index is 0.111. The Bertz CT molecular complexity index is 75.7. The van der Waals surface area contributed by atoms with Crippen LogP contribution in [0.15, 0.2) is 0 Å². The zero-order chi connectivity index (χ0) is 7.98. The van der Waals surface area contributed by atoms with Crippen molar-refractivity contribution in [3.8, 4) is 0 Å². The van der Waals surface area contributed by atoms with Crippen LogP contribution in [0.4, 0.5) is 0 Å². The van der Waals surface area contributed by atoms with Gasteiger partial charge in [0.25, 0.3) is 0 Å². The average molecular weight is 159 g/mol. The number of nitrogens with zero attached hydrogens (tertiary/aromatic N) is 1. The molecule has 62 valence electrons. The van der Waals surface area contributed by atoms with E-state index in [2.05, 4.69) is 32.3 Å². The molecule has 0 spiro atoms. The van der Waals surface area contributed by atoms with Gasteiger partial charge in [-0.25, -0.2) is 0 Å². The van der Waals surface area contributed by atoms with Crippen LogP contribution in [0.25, 0.3) is 0 Å².